The first kappa shape index (κ1) is 18.5. The number of fused-ring (bicyclic) bond motifs is 5. The fourth-order valence-corrected chi connectivity index (χ4v) is 5.23. The summed E-state index contributed by atoms with van der Waals surface area (Å²) in [6, 6.07) is 4.99. The third-order valence-corrected chi connectivity index (χ3v) is 6.42. The van der Waals surface area contributed by atoms with E-state index in [0.29, 0.717) is 5.41 Å². The summed E-state index contributed by atoms with van der Waals surface area (Å²) in [6.07, 6.45) is 11.2. The molecule has 0 aliphatic heterocycles. The minimum Gasteiger partial charge on any atom is -0.400 e. The fraction of sp³-hybridized carbons (Fsp3) is 0.727. The number of aliphatic hydroxyl groups excluding tert-OH is 1. The molecule has 4 rings (SSSR count). The molecule has 3 aliphatic carbocycles. The summed E-state index contributed by atoms with van der Waals surface area (Å²) >= 11 is 0. The van der Waals surface area contributed by atoms with Crippen LogP contribution in [0.5, 0.6) is 0 Å². The molecule has 0 radical (unpaired) electrons. The maximum atomic E-state index is 7.00. The quantitative estimate of drug-likeness (QED) is 0.654. The van der Waals surface area contributed by atoms with Crippen LogP contribution in [-0.4, -0.2) is 12.2 Å². The fourth-order valence-electron chi connectivity index (χ4n) is 5.23. The summed E-state index contributed by atoms with van der Waals surface area (Å²) in [4.78, 5) is 0. The van der Waals surface area contributed by atoms with E-state index in [1.807, 2.05) is 13.8 Å². The Kier molecular flexibility index (Phi) is 6.31. The first-order valence-electron chi connectivity index (χ1n) is 9.76. The maximum Gasteiger partial charge on any atom is 0.0319 e. The number of hydrogen-bond acceptors (Lipinski definition) is 1. The Balaban J connectivity index is 0.000000448. The number of benzene rings is 1. The molecule has 0 heterocycles. The molecule has 23 heavy (non-hydrogen) atoms. The smallest absolute Gasteiger partial charge is 0.0319 e. The average Bonchev–Trinajstić information content (AvgIpc) is 3.00. The molecule has 0 spiro atoms. The molecule has 1 saturated carbocycles. The van der Waals surface area contributed by atoms with E-state index in [9.17, 15) is 0 Å². The Morgan fingerprint density at radius 1 is 1.00 bits per heavy atom. The van der Waals surface area contributed by atoms with E-state index in [4.69, 9.17) is 5.11 Å². The molecule has 0 aromatic heterocycles. The second kappa shape index (κ2) is 7.83. The third kappa shape index (κ3) is 3.36. The lowest BCUT2D eigenvalue weighted by molar-refractivity contribution is 0.251. The van der Waals surface area contributed by atoms with Crippen LogP contribution in [0.1, 0.15) is 88.0 Å². The first-order valence-corrected chi connectivity index (χ1v) is 9.76. The van der Waals surface area contributed by atoms with Crippen LogP contribution in [0.4, 0.5) is 0 Å². The maximum absolute atomic E-state index is 7.00. The van der Waals surface area contributed by atoms with Crippen LogP contribution in [0.2, 0.25) is 0 Å². The van der Waals surface area contributed by atoms with E-state index in [1.165, 1.54) is 51.4 Å². The highest BCUT2D eigenvalue weighted by Crippen LogP contribution is 2.56. The zero-order chi connectivity index (χ0) is 17.0. The van der Waals surface area contributed by atoms with Gasteiger partial charge in [0, 0.05) is 7.11 Å². The monoisotopic (exact) mass is 316 g/mol. The third-order valence-electron chi connectivity index (χ3n) is 6.42. The SMILES string of the molecule is CC.CO.C[C@H]1CCc2c(ccc3c2CCC2(C)CCCC32)C1. The Morgan fingerprint density at radius 2 is 1.74 bits per heavy atom. The van der Waals surface area contributed by atoms with Crippen LogP contribution in [0.15, 0.2) is 12.1 Å². The predicted molar refractivity (Wildman–Crippen MR) is 100 cm³/mol. The summed E-state index contributed by atoms with van der Waals surface area (Å²) in [6.45, 7) is 8.96. The van der Waals surface area contributed by atoms with Gasteiger partial charge in [-0.05, 0) is 84.5 Å². The Hall–Kier alpha value is -0.820. The lowest BCUT2D eigenvalue weighted by Gasteiger charge is -2.40. The number of hydrogen-bond donors (Lipinski definition) is 1. The second-order valence-electron chi connectivity index (χ2n) is 7.72. The molecule has 1 aromatic carbocycles. The minimum absolute atomic E-state index is 0.628. The van der Waals surface area contributed by atoms with Crippen molar-refractivity contribution in [2.75, 3.05) is 7.11 Å². The molecular formula is C22H36O. The molecular weight excluding hydrogens is 280 g/mol. The Labute approximate surface area is 143 Å². The van der Waals surface area contributed by atoms with Gasteiger partial charge in [0.05, 0.1) is 0 Å². The highest BCUT2D eigenvalue weighted by molar-refractivity contribution is 5.47. The van der Waals surface area contributed by atoms with Crippen molar-refractivity contribution >= 4 is 0 Å². The molecule has 1 nitrogen and oxygen atoms in total. The molecule has 2 unspecified atom stereocenters. The normalized spacial score (nSPS) is 30.7. The average molecular weight is 317 g/mol. The van der Waals surface area contributed by atoms with Crippen molar-refractivity contribution in [2.45, 2.75) is 85.0 Å². The molecule has 1 fully saturated rings. The van der Waals surface area contributed by atoms with E-state index in [1.54, 1.807) is 22.3 Å². The Morgan fingerprint density at radius 3 is 2.48 bits per heavy atom. The van der Waals surface area contributed by atoms with E-state index in [0.717, 1.165) is 18.9 Å². The van der Waals surface area contributed by atoms with Gasteiger partial charge < -0.3 is 5.11 Å². The second-order valence-corrected chi connectivity index (χ2v) is 7.72. The van der Waals surface area contributed by atoms with Crippen molar-refractivity contribution in [3.63, 3.8) is 0 Å². The van der Waals surface area contributed by atoms with Gasteiger partial charge in [0.2, 0.25) is 0 Å². The zero-order valence-electron chi connectivity index (χ0n) is 15.9. The van der Waals surface area contributed by atoms with Gasteiger partial charge in [-0.2, -0.15) is 0 Å². The van der Waals surface area contributed by atoms with Crippen LogP contribution >= 0.6 is 0 Å². The largest absolute Gasteiger partial charge is 0.400 e. The van der Waals surface area contributed by atoms with Crippen molar-refractivity contribution in [1.29, 1.82) is 0 Å². The molecule has 0 amide bonds. The van der Waals surface area contributed by atoms with E-state index >= 15 is 0 Å². The van der Waals surface area contributed by atoms with Gasteiger partial charge in [0.25, 0.3) is 0 Å². The van der Waals surface area contributed by atoms with Crippen molar-refractivity contribution < 1.29 is 5.11 Å². The molecule has 1 aromatic rings. The van der Waals surface area contributed by atoms with Gasteiger partial charge >= 0.3 is 0 Å². The van der Waals surface area contributed by atoms with Gasteiger partial charge in [-0.3, -0.25) is 0 Å². The van der Waals surface area contributed by atoms with Crippen LogP contribution in [0.3, 0.4) is 0 Å². The molecule has 3 atom stereocenters. The van der Waals surface area contributed by atoms with E-state index in [-0.39, 0.29) is 0 Å². The van der Waals surface area contributed by atoms with Gasteiger partial charge in [0.15, 0.2) is 0 Å². The highest BCUT2D eigenvalue weighted by atomic mass is 16.2. The van der Waals surface area contributed by atoms with Crippen LogP contribution in [-0.2, 0) is 19.3 Å². The van der Waals surface area contributed by atoms with E-state index in [2.05, 4.69) is 26.0 Å². The van der Waals surface area contributed by atoms with Crippen LogP contribution in [0, 0.1) is 11.3 Å². The summed E-state index contributed by atoms with van der Waals surface area (Å²) < 4.78 is 0. The van der Waals surface area contributed by atoms with Crippen molar-refractivity contribution in [3.05, 3.63) is 34.4 Å². The number of aliphatic hydroxyl groups is 1. The summed E-state index contributed by atoms with van der Waals surface area (Å²) in [5.74, 6) is 1.77. The van der Waals surface area contributed by atoms with Gasteiger partial charge in [0.1, 0.15) is 0 Å². The van der Waals surface area contributed by atoms with Crippen molar-refractivity contribution in [1.82, 2.24) is 0 Å². The first-order chi connectivity index (χ1) is 11.2. The highest BCUT2D eigenvalue weighted by Gasteiger charge is 2.43. The van der Waals surface area contributed by atoms with Gasteiger partial charge in [-0.25, -0.2) is 0 Å². The molecule has 1 N–H and O–H groups in total. The van der Waals surface area contributed by atoms with Crippen molar-refractivity contribution in [2.24, 2.45) is 11.3 Å². The lowest BCUT2D eigenvalue weighted by Crippen LogP contribution is -2.28. The molecule has 3 aliphatic rings. The minimum atomic E-state index is 0.628. The summed E-state index contributed by atoms with van der Waals surface area (Å²) in [5, 5.41) is 7.00. The van der Waals surface area contributed by atoms with Crippen molar-refractivity contribution in [3.8, 4) is 0 Å². The van der Waals surface area contributed by atoms with Crippen LogP contribution < -0.4 is 0 Å². The summed E-state index contributed by atoms with van der Waals surface area (Å²) in [5.41, 5.74) is 7.61. The standard InChI is InChI=1S/C19H26.C2H6.CH4O/c1-13-5-7-15-14(12-13)6-8-17-16(15)9-11-19(2)10-3-4-18(17)19;2*1-2/h6,8,13,18H,3-5,7,9-12H2,1-2H3;1-2H3;2H,1H3/t13-,18?,19?;;/m0../s1. The molecule has 0 saturated heterocycles. The molecule has 130 valence electrons. The lowest BCUT2D eigenvalue weighted by atomic mass is 9.65. The van der Waals surface area contributed by atoms with E-state index < -0.39 is 0 Å². The zero-order valence-corrected chi connectivity index (χ0v) is 15.9. The molecule has 1 heteroatoms. The summed E-state index contributed by atoms with van der Waals surface area (Å²) in [7, 11) is 1.00. The van der Waals surface area contributed by atoms with Crippen LogP contribution in [0.25, 0.3) is 0 Å². The number of rotatable bonds is 0. The van der Waals surface area contributed by atoms with Gasteiger partial charge in [-0.1, -0.05) is 46.2 Å². The topological polar surface area (TPSA) is 20.2 Å². The van der Waals surface area contributed by atoms with Gasteiger partial charge in [-0.15, -0.1) is 0 Å². The Bertz CT molecular complexity index is 519. The predicted octanol–water partition coefficient (Wildman–Crippen LogP) is 5.67. The molecule has 0 bridgehead atoms.